The summed E-state index contributed by atoms with van der Waals surface area (Å²) in [5.41, 5.74) is 1.01. The Hall–Kier alpha value is -1.23. The molecule has 2 heterocycles. The van der Waals surface area contributed by atoms with Crippen molar-refractivity contribution in [3.8, 4) is 0 Å². The van der Waals surface area contributed by atoms with Crippen LogP contribution in [0.5, 0.6) is 0 Å². The molecule has 0 aliphatic carbocycles. The largest absolute Gasteiger partial charge is 0.375 e. The van der Waals surface area contributed by atoms with Gasteiger partial charge in [-0.2, -0.15) is 0 Å². The molecule has 20 heavy (non-hydrogen) atoms. The standard InChI is InChI=1S/C16H18FNOS/c17-14-4-1-3-13(9-14)10-15-11-18(6-7-19-15)12-16-5-2-8-20-16/h1-5,8-9,15H,6-7,10-12H2/t15-/m0/s1. The molecule has 0 bridgehead atoms. The number of benzene rings is 1. The van der Waals surface area contributed by atoms with Crippen LogP contribution in [0, 0.1) is 5.82 Å². The van der Waals surface area contributed by atoms with Crippen LogP contribution in [0.2, 0.25) is 0 Å². The molecule has 1 aromatic carbocycles. The Bertz CT molecular complexity index is 543. The predicted octanol–water partition coefficient (Wildman–Crippen LogP) is 3.33. The highest BCUT2D eigenvalue weighted by atomic mass is 32.1. The molecule has 0 radical (unpaired) electrons. The molecule has 1 aromatic heterocycles. The molecule has 106 valence electrons. The Kier molecular flexibility index (Phi) is 4.45. The van der Waals surface area contributed by atoms with Gasteiger partial charge in [-0.15, -0.1) is 11.3 Å². The van der Waals surface area contributed by atoms with Gasteiger partial charge in [-0.1, -0.05) is 18.2 Å². The van der Waals surface area contributed by atoms with Gasteiger partial charge < -0.3 is 4.74 Å². The molecule has 1 atom stereocenters. The van der Waals surface area contributed by atoms with Gasteiger partial charge in [0, 0.05) is 24.5 Å². The number of nitrogens with zero attached hydrogens (tertiary/aromatic N) is 1. The second-order valence-corrected chi connectivity index (χ2v) is 6.17. The van der Waals surface area contributed by atoms with Crippen LogP contribution in [0.15, 0.2) is 41.8 Å². The molecule has 0 spiro atoms. The van der Waals surface area contributed by atoms with Crippen molar-refractivity contribution < 1.29 is 9.13 Å². The number of halogens is 1. The summed E-state index contributed by atoms with van der Waals surface area (Å²) in [6.07, 6.45) is 0.934. The lowest BCUT2D eigenvalue weighted by atomic mass is 10.1. The smallest absolute Gasteiger partial charge is 0.123 e. The van der Waals surface area contributed by atoms with Crippen molar-refractivity contribution in [1.29, 1.82) is 0 Å². The third-order valence-corrected chi connectivity index (χ3v) is 4.40. The molecule has 1 aliphatic rings. The Morgan fingerprint density at radius 3 is 3.05 bits per heavy atom. The van der Waals surface area contributed by atoms with E-state index < -0.39 is 0 Å². The van der Waals surface area contributed by atoms with Gasteiger partial charge in [-0.3, -0.25) is 4.90 Å². The summed E-state index contributed by atoms with van der Waals surface area (Å²) in [7, 11) is 0. The quantitative estimate of drug-likeness (QED) is 0.857. The number of thiophene rings is 1. The number of morpholine rings is 1. The minimum absolute atomic E-state index is 0.158. The molecular formula is C16H18FNOS. The second-order valence-electron chi connectivity index (χ2n) is 5.14. The Morgan fingerprint density at radius 1 is 1.30 bits per heavy atom. The summed E-state index contributed by atoms with van der Waals surface area (Å²) in [5.74, 6) is -0.172. The van der Waals surface area contributed by atoms with E-state index in [-0.39, 0.29) is 11.9 Å². The van der Waals surface area contributed by atoms with Crippen LogP contribution >= 0.6 is 11.3 Å². The molecule has 3 rings (SSSR count). The highest BCUT2D eigenvalue weighted by Gasteiger charge is 2.21. The Labute approximate surface area is 122 Å². The van der Waals surface area contributed by atoms with Crippen molar-refractivity contribution in [2.75, 3.05) is 19.7 Å². The van der Waals surface area contributed by atoms with Crippen molar-refractivity contribution >= 4 is 11.3 Å². The lowest BCUT2D eigenvalue weighted by Gasteiger charge is -2.32. The Balaban J connectivity index is 1.57. The number of rotatable bonds is 4. The van der Waals surface area contributed by atoms with Crippen LogP contribution in [-0.2, 0) is 17.7 Å². The average Bonchev–Trinajstić information content (AvgIpc) is 2.92. The maximum atomic E-state index is 13.2. The Morgan fingerprint density at radius 2 is 2.25 bits per heavy atom. The fraction of sp³-hybridized carbons (Fsp3) is 0.375. The summed E-state index contributed by atoms with van der Waals surface area (Å²) < 4.78 is 19.0. The van der Waals surface area contributed by atoms with Gasteiger partial charge in [0.05, 0.1) is 12.7 Å². The van der Waals surface area contributed by atoms with E-state index in [1.165, 1.54) is 10.9 Å². The van der Waals surface area contributed by atoms with E-state index in [0.29, 0.717) is 0 Å². The van der Waals surface area contributed by atoms with Gasteiger partial charge in [-0.05, 0) is 35.6 Å². The molecular weight excluding hydrogens is 273 g/mol. The van der Waals surface area contributed by atoms with E-state index in [4.69, 9.17) is 4.74 Å². The van der Waals surface area contributed by atoms with Crippen molar-refractivity contribution in [2.24, 2.45) is 0 Å². The number of hydrogen-bond donors (Lipinski definition) is 0. The first kappa shape index (κ1) is 13.7. The van der Waals surface area contributed by atoms with Gasteiger partial charge in [0.2, 0.25) is 0 Å². The van der Waals surface area contributed by atoms with E-state index in [9.17, 15) is 4.39 Å². The fourth-order valence-electron chi connectivity index (χ4n) is 2.60. The molecule has 2 aromatic rings. The van der Waals surface area contributed by atoms with E-state index in [0.717, 1.165) is 38.2 Å². The topological polar surface area (TPSA) is 12.5 Å². The molecule has 0 amide bonds. The number of hydrogen-bond acceptors (Lipinski definition) is 3. The van der Waals surface area contributed by atoms with Crippen molar-refractivity contribution in [3.05, 3.63) is 58.0 Å². The van der Waals surface area contributed by atoms with Crippen LogP contribution in [0.3, 0.4) is 0 Å². The van der Waals surface area contributed by atoms with Crippen molar-refractivity contribution in [3.63, 3.8) is 0 Å². The SMILES string of the molecule is Fc1cccc(C[C@H]2CN(Cc3cccs3)CCO2)c1. The average molecular weight is 291 g/mol. The van der Waals surface area contributed by atoms with E-state index in [1.807, 2.05) is 6.07 Å². The normalized spacial score (nSPS) is 20.1. The molecule has 1 saturated heterocycles. The lowest BCUT2D eigenvalue weighted by molar-refractivity contribution is -0.0302. The van der Waals surface area contributed by atoms with Gasteiger partial charge in [0.1, 0.15) is 5.82 Å². The van der Waals surface area contributed by atoms with Crippen LogP contribution in [-0.4, -0.2) is 30.7 Å². The zero-order chi connectivity index (χ0) is 13.8. The van der Waals surface area contributed by atoms with Gasteiger partial charge >= 0.3 is 0 Å². The van der Waals surface area contributed by atoms with Gasteiger partial charge in [0.15, 0.2) is 0 Å². The molecule has 0 unspecified atom stereocenters. The monoisotopic (exact) mass is 291 g/mol. The van der Waals surface area contributed by atoms with E-state index in [1.54, 1.807) is 23.5 Å². The first-order valence-corrected chi connectivity index (χ1v) is 7.78. The molecule has 1 fully saturated rings. The molecule has 1 aliphatic heterocycles. The van der Waals surface area contributed by atoms with Crippen LogP contribution < -0.4 is 0 Å². The fourth-order valence-corrected chi connectivity index (χ4v) is 3.34. The highest BCUT2D eigenvalue weighted by Crippen LogP contribution is 2.17. The summed E-state index contributed by atoms with van der Waals surface area (Å²) in [6.45, 7) is 3.62. The van der Waals surface area contributed by atoms with Crippen LogP contribution in [0.25, 0.3) is 0 Å². The van der Waals surface area contributed by atoms with E-state index >= 15 is 0 Å². The minimum Gasteiger partial charge on any atom is -0.375 e. The zero-order valence-corrected chi connectivity index (χ0v) is 12.1. The minimum atomic E-state index is -0.172. The predicted molar refractivity (Wildman–Crippen MR) is 79.4 cm³/mol. The summed E-state index contributed by atoms with van der Waals surface area (Å²) in [5, 5.41) is 2.11. The summed E-state index contributed by atoms with van der Waals surface area (Å²) in [6, 6.07) is 11.1. The first-order valence-electron chi connectivity index (χ1n) is 6.90. The third-order valence-electron chi connectivity index (χ3n) is 3.53. The molecule has 2 nitrogen and oxygen atoms in total. The van der Waals surface area contributed by atoms with Gasteiger partial charge in [0.25, 0.3) is 0 Å². The second kappa shape index (κ2) is 6.48. The van der Waals surface area contributed by atoms with Crippen LogP contribution in [0.1, 0.15) is 10.4 Å². The zero-order valence-electron chi connectivity index (χ0n) is 11.3. The maximum Gasteiger partial charge on any atom is 0.123 e. The summed E-state index contributed by atoms with van der Waals surface area (Å²) in [4.78, 5) is 3.80. The summed E-state index contributed by atoms with van der Waals surface area (Å²) >= 11 is 1.79. The molecule has 0 saturated carbocycles. The van der Waals surface area contributed by atoms with Gasteiger partial charge in [-0.25, -0.2) is 4.39 Å². The third kappa shape index (κ3) is 3.66. The molecule has 4 heteroatoms. The lowest BCUT2D eigenvalue weighted by Crippen LogP contribution is -2.42. The maximum absolute atomic E-state index is 13.2. The van der Waals surface area contributed by atoms with E-state index in [2.05, 4.69) is 22.4 Å². The van der Waals surface area contributed by atoms with Crippen molar-refractivity contribution in [1.82, 2.24) is 4.90 Å². The van der Waals surface area contributed by atoms with Crippen molar-refractivity contribution in [2.45, 2.75) is 19.1 Å². The number of ether oxygens (including phenoxy) is 1. The van der Waals surface area contributed by atoms with Crippen LogP contribution in [0.4, 0.5) is 4.39 Å². The highest BCUT2D eigenvalue weighted by molar-refractivity contribution is 7.09. The molecule has 0 N–H and O–H groups in total. The first-order chi connectivity index (χ1) is 9.79.